The SMILES string of the molecule is O=S(=O)(CCCCCl)NC1CCc2ccccc2C1. The van der Waals surface area contributed by atoms with Crippen LogP contribution in [0.1, 0.15) is 30.4 Å². The number of rotatable bonds is 6. The minimum absolute atomic E-state index is 0.0379. The number of nitrogens with one attached hydrogen (secondary N) is 1. The lowest BCUT2D eigenvalue weighted by Crippen LogP contribution is -2.40. The first-order chi connectivity index (χ1) is 9.11. The van der Waals surface area contributed by atoms with Crippen molar-refractivity contribution in [1.29, 1.82) is 0 Å². The Balaban J connectivity index is 1.91. The highest BCUT2D eigenvalue weighted by Crippen LogP contribution is 2.21. The third kappa shape index (κ3) is 4.48. The number of unbranched alkanes of at least 4 members (excludes halogenated alkanes) is 1. The third-order valence-electron chi connectivity index (χ3n) is 3.49. The molecule has 1 unspecified atom stereocenters. The molecule has 1 aromatic rings. The van der Waals surface area contributed by atoms with Gasteiger partial charge in [-0.05, 0) is 43.2 Å². The van der Waals surface area contributed by atoms with Gasteiger partial charge in [0.2, 0.25) is 10.0 Å². The predicted octanol–water partition coefficient (Wildman–Crippen LogP) is 2.48. The number of aryl methyl sites for hydroxylation is 1. The maximum Gasteiger partial charge on any atom is 0.211 e. The average molecular weight is 302 g/mol. The molecule has 1 aliphatic rings. The van der Waals surface area contributed by atoms with Crippen molar-refractivity contribution in [3.05, 3.63) is 35.4 Å². The number of fused-ring (bicyclic) bond motifs is 1. The number of hydrogen-bond acceptors (Lipinski definition) is 2. The highest BCUT2D eigenvalue weighted by Gasteiger charge is 2.22. The van der Waals surface area contributed by atoms with Crippen LogP contribution in [0.25, 0.3) is 0 Å². The molecule has 0 amide bonds. The molecule has 5 heteroatoms. The topological polar surface area (TPSA) is 46.2 Å². The van der Waals surface area contributed by atoms with Crippen molar-refractivity contribution in [3.8, 4) is 0 Å². The maximum absolute atomic E-state index is 11.9. The first-order valence-electron chi connectivity index (χ1n) is 6.73. The van der Waals surface area contributed by atoms with Gasteiger partial charge in [-0.15, -0.1) is 11.6 Å². The summed E-state index contributed by atoms with van der Waals surface area (Å²) in [4.78, 5) is 0. The summed E-state index contributed by atoms with van der Waals surface area (Å²) in [6.07, 6.45) is 4.00. The van der Waals surface area contributed by atoms with Gasteiger partial charge < -0.3 is 0 Å². The molecule has 0 saturated carbocycles. The van der Waals surface area contributed by atoms with Crippen molar-refractivity contribution >= 4 is 21.6 Å². The fourth-order valence-corrected chi connectivity index (χ4v) is 4.10. The summed E-state index contributed by atoms with van der Waals surface area (Å²) in [5.74, 6) is 0.699. The molecule has 0 heterocycles. The van der Waals surface area contributed by atoms with Gasteiger partial charge in [-0.25, -0.2) is 13.1 Å². The summed E-state index contributed by atoms with van der Waals surface area (Å²) in [6.45, 7) is 0. The zero-order valence-corrected chi connectivity index (χ0v) is 12.5. The van der Waals surface area contributed by atoms with Gasteiger partial charge >= 0.3 is 0 Å². The molecule has 0 bridgehead atoms. The van der Waals surface area contributed by atoms with Crippen LogP contribution >= 0.6 is 11.6 Å². The number of alkyl halides is 1. The zero-order valence-electron chi connectivity index (χ0n) is 10.9. The summed E-state index contributed by atoms with van der Waals surface area (Å²) in [5.41, 5.74) is 2.61. The largest absolute Gasteiger partial charge is 0.212 e. The molecule has 3 nitrogen and oxygen atoms in total. The molecule has 0 aromatic heterocycles. The van der Waals surface area contributed by atoms with E-state index in [0.717, 1.165) is 25.7 Å². The van der Waals surface area contributed by atoms with E-state index in [2.05, 4.69) is 16.9 Å². The monoisotopic (exact) mass is 301 g/mol. The van der Waals surface area contributed by atoms with Gasteiger partial charge in [0.15, 0.2) is 0 Å². The van der Waals surface area contributed by atoms with Gasteiger partial charge in [0, 0.05) is 11.9 Å². The van der Waals surface area contributed by atoms with E-state index < -0.39 is 10.0 Å². The molecular formula is C14H20ClNO2S. The standard InChI is InChI=1S/C14H20ClNO2S/c15-9-3-4-10-19(17,18)16-14-8-7-12-5-1-2-6-13(12)11-14/h1-2,5-6,14,16H,3-4,7-11H2. The highest BCUT2D eigenvalue weighted by molar-refractivity contribution is 7.89. The first kappa shape index (κ1) is 14.8. The van der Waals surface area contributed by atoms with Crippen LogP contribution in [0.4, 0.5) is 0 Å². The van der Waals surface area contributed by atoms with Crippen LogP contribution < -0.4 is 4.72 Å². The highest BCUT2D eigenvalue weighted by atomic mass is 35.5. The van der Waals surface area contributed by atoms with Gasteiger partial charge in [-0.3, -0.25) is 0 Å². The Morgan fingerprint density at radius 2 is 1.95 bits per heavy atom. The number of halogens is 1. The second kappa shape index (κ2) is 6.73. The molecule has 1 aliphatic carbocycles. The van der Waals surface area contributed by atoms with Crippen LogP contribution in [0.5, 0.6) is 0 Å². The Morgan fingerprint density at radius 3 is 2.68 bits per heavy atom. The molecule has 2 rings (SSSR count). The lowest BCUT2D eigenvalue weighted by atomic mass is 9.89. The summed E-state index contributed by atoms with van der Waals surface area (Å²) in [5, 5.41) is 0. The number of hydrogen-bond donors (Lipinski definition) is 1. The second-order valence-corrected chi connectivity index (χ2v) is 7.29. The van der Waals surface area contributed by atoms with Crippen molar-refractivity contribution < 1.29 is 8.42 Å². The van der Waals surface area contributed by atoms with Crippen LogP contribution in [0.2, 0.25) is 0 Å². The third-order valence-corrected chi connectivity index (χ3v) is 5.28. The molecule has 0 saturated heterocycles. The van der Waals surface area contributed by atoms with Crippen LogP contribution in [-0.4, -0.2) is 26.1 Å². The predicted molar refractivity (Wildman–Crippen MR) is 79.1 cm³/mol. The molecule has 106 valence electrons. The van der Waals surface area contributed by atoms with E-state index >= 15 is 0 Å². The molecule has 0 radical (unpaired) electrons. The van der Waals surface area contributed by atoms with Crippen LogP contribution in [0.15, 0.2) is 24.3 Å². The van der Waals surface area contributed by atoms with Gasteiger partial charge in [-0.1, -0.05) is 24.3 Å². The van der Waals surface area contributed by atoms with Gasteiger partial charge in [0.25, 0.3) is 0 Å². The van der Waals surface area contributed by atoms with E-state index in [1.54, 1.807) is 0 Å². The van der Waals surface area contributed by atoms with Crippen molar-refractivity contribution in [3.63, 3.8) is 0 Å². The molecule has 0 spiro atoms. The van der Waals surface area contributed by atoms with Gasteiger partial charge in [0.05, 0.1) is 5.75 Å². The lowest BCUT2D eigenvalue weighted by molar-refractivity contribution is 0.506. The number of benzene rings is 1. The fourth-order valence-electron chi connectivity index (χ4n) is 2.50. The summed E-state index contributed by atoms with van der Waals surface area (Å²) >= 11 is 5.56. The Kier molecular flexibility index (Phi) is 5.25. The van der Waals surface area contributed by atoms with E-state index in [-0.39, 0.29) is 11.8 Å². The van der Waals surface area contributed by atoms with Crippen LogP contribution in [0.3, 0.4) is 0 Å². The minimum atomic E-state index is -3.16. The van der Waals surface area contributed by atoms with Gasteiger partial charge in [0.1, 0.15) is 0 Å². The normalized spacial score (nSPS) is 19.1. The van der Waals surface area contributed by atoms with E-state index in [4.69, 9.17) is 11.6 Å². The van der Waals surface area contributed by atoms with Crippen molar-refractivity contribution in [1.82, 2.24) is 4.72 Å². The van der Waals surface area contributed by atoms with Crippen molar-refractivity contribution in [2.75, 3.05) is 11.6 Å². The fraction of sp³-hybridized carbons (Fsp3) is 0.571. The van der Waals surface area contributed by atoms with Crippen molar-refractivity contribution in [2.24, 2.45) is 0 Å². The van der Waals surface area contributed by atoms with Crippen molar-refractivity contribution in [2.45, 2.75) is 38.1 Å². The molecule has 1 aromatic carbocycles. The summed E-state index contributed by atoms with van der Waals surface area (Å²) < 4.78 is 26.7. The minimum Gasteiger partial charge on any atom is -0.212 e. The van der Waals surface area contributed by atoms with E-state index in [0.29, 0.717) is 12.3 Å². The first-order valence-corrected chi connectivity index (χ1v) is 8.92. The Morgan fingerprint density at radius 1 is 1.21 bits per heavy atom. The van der Waals surface area contributed by atoms with E-state index in [1.807, 2.05) is 12.1 Å². The second-order valence-electron chi connectivity index (χ2n) is 5.04. The van der Waals surface area contributed by atoms with Gasteiger partial charge in [-0.2, -0.15) is 0 Å². The van der Waals surface area contributed by atoms with E-state index in [1.165, 1.54) is 11.1 Å². The summed E-state index contributed by atoms with van der Waals surface area (Å²) in [6, 6.07) is 8.30. The summed E-state index contributed by atoms with van der Waals surface area (Å²) in [7, 11) is -3.16. The zero-order chi connectivity index (χ0) is 13.7. The lowest BCUT2D eigenvalue weighted by Gasteiger charge is -2.25. The molecular weight excluding hydrogens is 282 g/mol. The molecule has 0 fully saturated rings. The average Bonchev–Trinajstić information content (AvgIpc) is 2.38. The van der Waals surface area contributed by atoms with E-state index in [9.17, 15) is 8.42 Å². The molecule has 1 atom stereocenters. The Bertz CT molecular complexity index is 516. The smallest absolute Gasteiger partial charge is 0.211 e. The molecule has 1 N–H and O–H groups in total. The number of sulfonamides is 1. The Labute approximate surface area is 120 Å². The molecule has 0 aliphatic heterocycles. The van der Waals surface area contributed by atoms with Crippen LogP contribution in [-0.2, 0) is 22.9 Å². The van der Waals surface area contributed by atoms with Crippen LogP contribution in [0, 0.1) is 0 Å². The Hall–Kier alpha value is -0.580. The molecule has 19 heavy (non-hydrogen) atoms. The quantitative estimate of drug-likeness (QED) is 0.648. The maximum atomic E-state index is 11.9.